The summed E-state index contributed by atoms with van der Waals surface area (Å²) >= 11 is 0. The van der Waals surface area contributed by atoms with E-state index in [0.717, 1.165) is 12.1 Å². The first-order chi connectivity index (χ1) is 20.0. The SMILES string of the molecule is O=c1cc(-c2ccc(O[C@@H]3O[C@H](CO)[C@@H](O)[C@@H](O)[C@H]3O)cc2)oc2cc(O)c([C@@H]3O[C@H](CO)[C@@H](O)[C@H](O)[C@H]3O)c(O)c12. The number of aliphatic hydroxyl groups is 8. The van der Waals surface area contributed by atoms with Crippen molar-refractivity contribution in [3.8, 4) is 28.6 Å². The van der Waals surface area contributed by atoms with Crippen molar-refractivity contribution in [3.05, 3.63) is 52.2 Å². The van der Waals surface area contributed by atoms with Crippen LogP contribution in [0.25, 0.3) is 22.3 Å². The maximum atomic E-state index is 13.1. The van der Waals surface area contributed by atoms with Crippen molar-refractivity contribution in [3.63, 3.8) is 0 Å². The predicted molar refractivity (Wildman–Crippen MR) is 138 cm³/mol. The van der Waals surface area contributed by atoms with Gasteiger partial charge in [-0.25, -0.2) is 0 Å². The Morgan fingerprint density at radius 3 is 1.95 bits per heavy atom. The van der Waals surface area contributed by atoms with E-state index in [1.807, 2.05) is 0 Å². The van der Waals surface area contributed by atoms with Crippen LogP contribution in [0.2, 0.25) is 0 Å². The second-order valence-corrected chi connectivity index (χ2v) is 10.1. The highest BCUT2D eigenvalue weighted by molar-refractivity contribution is 5.88. The highest BCUT2D eigenvalue weighted by Gasteiger charge is 2.46. The number of rotatable bonds is 6. The fraction of sp³-hybridized carbons (Fsp3) is 0.444. The maximum Gasteiger partial charge on any atom is 0.229 e. The van der Waals surface area contributed by atoms with Crippen LogP contribution in [0.5, 0.6) is 17.2 Å². The summed E-state index contributed by atoms with van der Waals surface area (Å²) < 4.78 is 22.0. The van der Waals surface area contributed by atoms with Crippen molar-refractivity contribution in [1.82, 2.24) is 0 Å². The number of benzene rings is 2. The molecular weight excluding hydrogens is 564 g/mol. The molecule has 15 heteroatoms. The molecule has 228 valence electrons. The lowest BCUT2D eigenvalue weighted by Crippen LogP contribution is -2.60. The maximum absolute atomic E-state index is 13.1. The van der Waals surface area contributed by atoms with Crippen LogP contribution in [0.4, 0.5) is 0 Å². The topological polar surface area (TPSA) is 260 Å². The Hall–Kier alpha value is -3.35. The van der Waals surface area contributed by atoms with Gasteiger partial charge in [-0.1, -0.05) is 0 Å². The molecule has 0 amide bonds. The number of aliphatic hydroxyl groups excluding tert-OH is 8. The fourth-order valence-corrected chi connectivity index (χ4v) is 5.06. The van der Waals surface area contributed by atoms with Gasteiger partial charge in [0.05, 0.1) is 18.8 Å². The largest absolute Gasteiger partial charge is 0.507 e. The quantitative estimate of drug-likeness (QED) is 0.142. The molecule has 3 aromatic rings. The monoisotopic (exact) mass is 594 g/mol. The lowest BCUT2D eigenvalue weighted by molar-refractivity contribution is -0.277. The van der Waals surface area contributed by atoms with Crippen molar-refractivity contribution < 1.29 is 69.7 Å². The highest BCUT2D eigenvalue weighted by atomic mass is 16.7. The Balaban J connectivity index is 1.43. The second-order valence-electron chi connectivity index (χ2n) is 10.1. The summed E-state index contributed by atoms with van der Waals surface area (Å²) in [7, 11) is 0. The van der Waals surface area contributed by atoms with Crippen LogP contribution < -0.4 is 10.2 Å². The van der Waals surface area contributed by atoms with E-state index in [1.165, 1.54) is 24.3 Å². The third-order valence-corrected chi connectivity index (χ3v) is 7.43. The molecule has 0 aliphatic carbocycles. The molecule has 5 rings (SSSR count). The van der Waals surface area contributed by atoms with Crippen molar-refractivity contribution in [2.45, 2.75) is 61.2 Å². The number of hydrogen-bond acceptors (Lipinski definition) is 15. The van der Waals surface area contributed by atoms with Crippen LogP contribution in [0, 0.1) is 0 Å². The van der Waals surface area contributed by atoms with Crippen molar-refractivity contribution in [1.29, 1.82) is 0 Å². The van der Waals surface area contributed by atoms with Crippen LogP contribution in [-0.2, 0) is 9.47 Å². The summed E-state index contributed by atoms with van der Waals surface area (Å²) in [5, 5.41) is 101. The van der Waals surface area contributed by atoms with Crippen molar-refractivity contribution in [2.75, 3.05) is 13.2 Å². The number of fused-ring (bicyclic) bond motifs is 1. The molecule has 0 saturated carbocycles. The first-order valence-electron chi connectivity index (χ1n) is 12.9. The first-order valence-corrected chi connectivity index (χ1v) is 12.9. The Kier molecular flexibility index (Phi) is 8.41. The van der Waals surface area contributed by atoms with E-state index in [-0.39, 0.29) is 22.5 Å². The third kappa shape index (κ3) is 5.20. The third-order valence-electron chi connectivity index (χ3n) is 7.43. The van der Waals surface area contributed by atoms with E-state index >= 15 is 0 Å². The van der Waals surface area contributed by atoms with Gasteiger partial charge in [0.2, 0.25) is 6.29 Å². The molecule has 2 aromatic carbocycles. The van der Waals surface area contributed by atoms with E-state index in [1.54, 1.807) is 0 Å². The smallest absolute Gasteiger partial charge is 0.229 e. The summed E-state index contributed by atoms with van der Waals surface area (Å²) in [5.74, 6) is -1.28. The molecule has 15 nitrogen and oxygen atoms in total. The standard InChI is InChI=1S/C27H30O15/c28-7-15-19(32)22(35)24(37)26(41-15)18-12(31)6-14-17(21(18)34)11(30)5-13(40-14)9-1-3-10(4-2-9)39-27-25(38)23(36)20(33)16(8-29)42-27/h1-6,15-16,19-20,22-29,31-38H,7-8H2/t15-,16-,19-,20-,22+,23-,24-,25-,26+,27-/m1/s1. The molecule has 0 radical (unpaired) electrons. The van der Waals surface area contributed by atoms with E-state index in [9.17, 15) is 55.9 Å². The van der Waals surface area contributed by atoms with Crippen LogP contribution in [-0.4, -0.2) is 119 Å². The molecule has 10 atom stereocenters. The number of hydrogen-bond donors (Lipinski definition) is 10. The summed E-state index contributed by atoms with van der Waals surface area (Å²) in [6.07, 6.45) is -15.6. The van der Waals surface area contributed by atoms with Gasteiger partial charge in [0, 0.05) is 17.7 Å². The Morgan fingerprint density at radius 1 is 0.738 bits per heavy atom. The predicted octanol–water partition coefficient (Wildman–Crippen LogP) is -2.44. The number of phenolic OH excluding ortho intramolecular Hbond substituents is 2. The molecule has 2 aliphatic rings. The average molecular weight is 595 g/mol. The van der Waals surface area contributed by atoms with Gasteiger partial charge >= 0.3 is 0 Å². The minimum absolute atomic E-state index is 0.0197. The van der Waals surface area contributed by atoms with Crippen molar-refractivity contribution in [2.24, 2.45) is 0 Å². The Bertz CT molecular complexity index is 1470. The molecule has 0 spiro atoms. The molecule has 1 aromatic heterocycles. The number of aromatic hydroxyl groups is 2. The van der Waals surface area contributed by atoms with Crippen LogP contribution in [0.1, 0.15) is 11.7 Å². The molecule has 10 N–H and O–H groups in total. The van der Waals surface area contributed by atoms with Gasteiger partial charge in [0.1, 0.15) is 88.9 Å². The summed E-state index contributed by atoms with van der Waals surface area (Å²) in [4.78, 5) is 13.1. The molecule has 2 aliphatic heterocycles. The molecule has 0 unspecified atom stereocenters. The zero-order valence-corrected chi connectivity index (χ0v) is 21.7. The Labute approximate surface area is 236 Å². The molecule has 0 bridgehead atoms. The van der Waals surface area contributed by atoms with E-state index in [4.69, 9.17) is 18.6 Å². The molecule has 2 saturated heterocycles. The minimum Gasteiger partial charge on any atom is -0.507 e. The fourth-order valence-electron chi connectivity index (χ4n) is 5.06. The first kappa shape index (κ1) is 30.1. The van der Waals surface area contributed by atoms with Crippen LogP contribution in [0.3, 0.4) is 0 Å². The summed E-state index contributed by atoms with van der Waals surface area (Å²) in [6, 6.07) is 7.88. The summed E-state index contributed by atoms with van der Waals surface area (Å²) in [5.41, 5.74) is -1.07. The van der Waals surface area contributed by atoms with Gasteiger partial charge in [-0.3, -0.25) is 4.79 Å². The van der Waals surface area contributed by atoms with Crippen LogP contribution >= 0.6 is 0 Å². The molecule has 2 fully saturated rings. The number of ether oxygens (including phenoxy) is 3. The number of phenols is 2. The zero-order chi connectivity index (χ0) is 30.5. The van der Waals surface area contributed by atoms with Gasteiger partial charge in [-0.05, 0) is 24.3 Å². The van der Waals surface area contributed by atoms with Crippen molar-refractivity contribution >= 4 is 11.0 Å². The summed E-state index contributed by atoms with van der Waals surface area (Å²) in [6.45, 7) is -1.37. The average Bonchev–Trinajstić information content (AvgIpc) is 2.97. The lowest BCUT2D eigenvalue weighted by atomic mass is 9.89. The van der Waals surface area contributed by atoms with Gasteiger partial charge in [0.25, 0.3) is 0 Å². The van der Waals surface area contributed by atoms with Gasteiger partial charge in [0.15, 0.2) is 5.43 Å². The Morgan fingerprint density at radius 2 is 1.33 bits per heavy atom. The normalized spacial score (nSPS) is 33.5. The van der Waals surface area contributed by atoms with Crippen LogP contribution in [0.15, 0.2) is 45.6 Å². The zero-order valence-electron chi connectivity index (χ0n) is 21.7. The van der Waals surface area contributed by atoms with E-state index in [2.05, 4.69) is 0 Å². The second kappa shape index (κ2) is 11.7. The van der Waals surface area contributed by atoms with Gasteiger partial charge < -0.3 is 69.7 Å². The minimum atomic E-state index is -1.83. The highest BCUT2D eigenvalue weighted by Crippen LogP contribution is 2.44. The lowest BCUT2D eigenvalue weighted by Gasteiger charge is -2.40. The molecule has 42 heavy (non-hydrogen) atoms. The van der Waals surface area contributed by atoms with Gasteiger partial charge in [-0.15, -0.1) is 0 Å². The molecular formula is C27H30O15. The van der Waals surface area contributed by atoms with E-state index < -0.39 is 96.9 Å². The molecule has 3 heterocycles. The van der Waals surface area contributed by atoms with E-state index in [0.29, 0.717) is 5.56 Å². The van der Waals surface area contributed by atoms with Gasteiger partial charge in [-0.2, -0.15) is 0 Å².